The first kappa shape index (κ1) is 38.4. The van der Waals surface area contributed by atoms with Crippen LogP contribution in [0.3, 0.4) is 0 Å². The van der Waals surface area contributed by atoms with E-state index in [4.69, 9.17) is 4.74 Å². The molecule has 2 aliphatic heterocycles. The van der Waals surface area contributed by atoms with E-state index in [9.17, 15) is 0 Å². The minimum atomic E-state index is -2.97. The summed E-state index contributed by atoms with van der Waals surface area (Å²) in [5.41, 5.74) is 5.78. The summed E-state index contributed by atoms with van der Waals surface area (Å²) in [6.45, 7) is 0. The lowest BCUT2D eigenvalue weighted by Crippen LogP contribution is -2.93. The van der Waals surface area contributed by atoms with Gasteiger partial charge in [-0.3, -0.25) is 0 Å². The number of hydrogen-bond acceptors (Lipinski definition) is 2. The highest BCUT2D eigenvalue weighted by Crippen LogP contribution is 2.42. The summed E-state index contributed by atoms with van der Waals surface area (Å²) in [6.07, 6.45) is 0. The van der Waals surface area contributed by atoms with Gasteiger partial charge in [-0.05, 0) is 111 Å². The maximum Gasteiger partial charge on any atom is 0.188 e. The lowest BCUT2D eigenvalue weighted by atomic mass is 9.98. The average Bonchev–Trinajstić information content (AvgIpc) is 3.40. The highest BCUT2D eigenvalue weighted by atomic mass is 28.3. The molecule has 0 aromatic heterocycles. The Morgan fingerprint density at radius 2 is 0.742 bits per heavy atom. The van der Waals surface area contributed by atoms with Crippen LogP contribution in [0.15, 0.2) is 261 Å². The van der Waals surface area contributed by atoms with Gasteiger partial charge in [-0.2, -0.15) is 0 Å². The zero-order valence-corrected chi connectivity index (χ0v) is 38.2. The molecule has 0 saturated heterocycles. The summed E-state index contributed by atoms with van der Waals surface area (Å²) in [7, 11) is -5.94. The molecule has 2 nitrogen and oxygen atoms in total. The van der Waals surface area contributed by atoms with Crippen molar-refractivity contribution in [3.8, 4) is 22.6 Å². The summed E-state index contributed by atoms with van der Waals surface area (Å²) in [6, 6.07) is 97.4. The highest BCUT2D eigenvalue weighted by Gasteiger charge is 2.59. The van der Waals surface area contributed by atoms with Gasteiger partial charge in [-0.1, -0.05) is 218 Å². The van der Waals surface area contributed by atoms with E-state index in [-0.39, 0.29) is 0 Å². The molecule has 4 heteroatoms. The maximum absolute atomic E-state index is 6.83. The average molecular weight is 874 g/mol. The minimum absolute atomic E-state index is 0.957. The lowest BCUT2D eigenvalue weighted by Gasteiger charge is -2.50. The molecule has 0 amide bonds. The van der Waals surface area contributed by atoms with E-state index in [0.29, 0.717) is 0 Å². The molecule has 0 saturated carbocycles. The van der Waals surface area contributed by atoms with Gasteiger partial charge in [0.05, 0.1) is 5.69 Å². The fraction of sp³-hybridized carbons (Fsp3) is 0. The number of anilines is 3. The summed E-state index contributed by atoms with van der Waals surface area (Å²) in [5.74, 6) is 1.91. The molecule has 66 heavy (non-hydrogen) atoms. The van der Waals surface area contributed by atoms with Crippen molar-refractivity contribution in [1.82, 2.24) is 0 Å². The van der Waals surface area contributed by atoms with Gasteiger partial charge < -0.3 is 9.64 Å². The van der Waals surface area contributed by atoms with Crippen molar-refractivity contribution < 1.29 is 4.74 Å². The summed E-state index contributed by atoms with van der Waals surface area (Å²) in [4.78, 5) is 2.42. The molecule has 310 valence electrons. The molecule has 0 bridgehead atoms. The van der Waals surface area contributed by atoms with Gasteiger partial charge in [0.25, 0.3) is 0 Å². The van der Waals surface area contributed by atoms with Gasteiger partial charge in [-0.25, -0.2) is 0 Å². The van der Waals surface area contributed by atoms with Crippen LogP contribution in [0.2, 0.25) is 0 Å². The van der Waals surface area contributed by atoms with Crippen molar-refractivity contribution in [3.05, 3.63) is 261 Å². The SMILES string of the molecule is c1ccc(N(c2ccc(-c3ccc4c(c3)[Si](c3ccccc3)(c3ccccc3)c3ccccc3[Si]43c4ccccc4Oc4ccccc43)cc2)c2cc3ccccc3c3ccccc23)cc1. The van der Waals surface area contributed by atoms with Crippen molar-refractivity contribution in [1.29, 1.82) is 0 Å². The quantitative estimate of drug-likeness (QED) is 0.122. The minimum Gasteiger partial charge on any atom is -0.458 e. The van der Waals surface area contributed by atoms with Gasteiger partial charge in [0.15, 0.2) is 16.1 Å². The number of rotatable bonds is 6. The monoisotopic (exact) mass is 873 g/mol. The Labute approximate surface area is 387 Å². The third kappa shape index (κ3) is 5.59. The van der Waals surface area contributed by atoms with Crippen molar-refractivity contribution in [3.63, 3.8) is 0 Å². The van der Waals surface area contributed by atoms with Gasteiger partial charge in [0.2, 0.25) is 0 Å². The van der Waals surface area contributed by atoms with Crippen LogP contribution in [-0.4, -0.2) is 16.1 Å². The van der Waals surface area contributed by atoms with Crippen LogP contribution in [0.5, 0.6) is 11.5 Å². The summed E-state index contributed by atoms with van der Waals surface area (Å²) < 4.78 is 6.83. The van der Waals surface area contributed by atoms with Crippen LogP contribution in [-0.2, 0) is 0 Å². The number of para-hydroxylation sites is 3. The Morgan fingerprint density at radius 1 is 0.288 bits per heavy atom. The molecule has 0 N–H and O–H groups in total. The Hall–Kier alpha value is -8.03. The summed E-state index contributed by atoms with van der Waals surface area (Å²) in [5, 5.41) is 16.2. The Balaban J connectivity index is 1.07. The second-order valence-corrected chi connectivity index (χ2v) is 24.9. The fourth-order valence-electron chi connectivity index (χ4n) is 11.6. The lowest BCUT2D eigenvalue weighted by molar-refractivity contribution is 0.487. The third-order valence-corrected chi connectivity index (χ3v) is 24.5. The summed E-state index contributed by atoms with van der Waals surface area (Å²) >= 11 is 0. The molecule has 0 aliphatic carbocycles. The number of fused-ring (bicyclic) bond motifs is 11. The number of hydrogen-bond donors (Lipinski definition) is 0. The smallest absolute Gasteiger partial charge is 0.188 e. The first-order valence-corrected chi connectivity index (χ1v) is 26.8. The van der Waals surface area contributed by atoms with E-state index in [1.165, 1.54) is 74.2 Å². The van der Waals surface area contributed by atoms with Crippen molar-refractivity contribution >= 4 is 96.2 Å². The Kier molecular flexibility index (Phi) is 8.92. The Bertz CT molecular complexity index is 3540. The second-order valence-electron chi connectivity index (χ2n) is 17.5. The van der Waals surface area contributed by atoms with E-state index in [1.54, 1.807) is 0 Å². The molecular weight excluding hydrogens is 831 g/mol. The topological polar surface area (TPSA) is 12.5 Å². The molecular formula is C62H43NOSi2. The van der Waals surface area contributed by atoms with Crippen LogP contribution in [0.1, 0.15) is 0 Å². The normalized spacial score (nSPS) is 13.8. The molecule has 2 aliphatic rings. The van der Waals surface area contributed by atoms with E-state index < -0.39 is 16.1 Å². The highest BCUT2D eigenvalue weighted by molar-refractivity contribution is 7.33. The molecule has 11 aromatic rings. The molecule has 11 aromatic carbocycles. The molecule has 2 heterocycles. The standard InChI is InChI=1S/C62H43NOSi2/c1-4-21-47(22-5-1)63(54-42-46-20-10-11-27-51(46)52-28-12-13-29-53(52)54)48-39-36-44(37-40-48)45-38-41-61-62(43-45)65(49-23-6-2-7-24-49,50-25-8-3-9-26-50)59-34-18-19-35-60(59)66(61)57-32-16-14-30-55(57)64-56-31-15-17-33-58(56)66/h1-43H. The van der Waals surface area contributed by atoms with Crippen LogP contribution in [0, 0.1) is 0 Å². The van der Waals surface area contributed by atoms with Gasteiger partial charge >= 0.3 is 0 Å². The number of benzene rings is 11. The first-order chi connectivity index (χ1) is 32.7. The van der Waals surface area contributed by atoms with Crippen molar-refractivity contribution in [2.75, 3.05) is 4.90 Å². The number of nitrogens with zero attached hydrogens (tertiary/aromatic N) is 1. The van der Waals surface area contributed by atoms with Crippen LogP contribution >= 0.6 is 0 Å². The van der Waals surface area contributed by atoms with Gasteiger partial charge in [-0.15, -0.1) is 0 Å². The van der Waals surface area contributed by atoms with Crippen LogP contribution in [0.25, 0.3) is 32.7 Å². The van der Waals surface area contributed by atoms with E-state index >= 15 is 0 Å². The van der Waals surface area contributed by atoms with Crippen LogP contribution in [0.4, 0.5) is 17.1 Å². The molecule has 0 unspecified atom stereocenters. The molecule has 0 fully saturated rings. The number of ether oxygens (including phenoxy) is 1. The largest absolute Gasteiger partial charge is 0.458 e. The van der Waals surface area contributed by atoms with Crippen molar-refractivity contribution in [2.45, 2.75) is 0 Å². The second kappa shape index (κ2) is 15.3. The molecule has 1 spiro atoms. The predicted octanol–water partition coefficient (Wildman–Crippen LogP) is 10.3. The fourth-order valence-corrected chi connectivity index (χ4v) is 23.8. The van der Waals surface area contributed by atoms with Crippen molar-refractivity contribution in [2.24, 2.45) is 0 Å². The molecule has 0 radical (unpaired) electrons. The van der Waals surface area contributed by atoms with E-state index in [1.807, 2.05) is 0 Å². The molecule has 0 atom stereocenters. The molecule has 13 rings (SSSR count). The van der Waals surface area contributed by atoms with E-state index in [0.717, 1.165) is 28.6 Å². The first-order valence-electron chi connectivity index (χ1n) is 22.8. The van der Waals surface area contributed by atoms with Gasteiger partial charge in [0.1, 0.15) is 11.5 Å². The third-order valence-electron chi connectivity index (χ3n) is 14.2. The Morgan fingerprint density at radius 3 is 1.38 bits per heavy atom. The van der Waals surface area contributed by atoms with E-state index in [2.05, 4.69) is 266 Å². The van der Waals surface area contributed by atoms with Crippen LogP contribution < -0.4 is 51.1 Å². The maximum atomic E-state index is 6.83. The zero-order valence-electron chi connectivity index (χ0n) is 36.2. The van der Waals surface area contributed by atoms with Gasteiger partial charge in [0, 0.05) is 16.8 Å². The zero-order chi connectivity index (χ0) is 43.7. The predicted molar refractivity (Wildman–Crippen MR) is 282 cm³/mol.